The highest BCUT2D eigenvalue weighted by molar-refractivity contribution is 5.27. The Bertz CT molecular complexity index is 298. The van der Waals surface area contributed by atoms with Crippen molar-refractivity contribution in [3.63, 3.8) is 0 Å². The Morgan fingerprint density at radius 1 is 0.944 bits per heavy atom. The molecule has 0 amide bonds. The highest BCUT2D eigenvalue weighted by Gasteiger charge is 1.94. The Kier molecular flexibility index (Phi) is 8.26. The molecular formula is C15H26N2O. The molecule has 0 saturated heterocycles. The van der Waals surface area contributed by atoms with Crippen LogP contribution < -0.4 is 15.4 Å². The zero-order valence-electron chi connectivity index (χ0n) is 11.7. The van der Waals surface area contributed by atoms with Gasteiger partial charge in [-0.3, -0.25) is 0 Å². The van der Waals surface area contributed by atoms with E-state index in [0.29, 0.717) is 0 Å². The second-order valence-corrected chi connectivity index (χ2v) is 4.36. The summed E-state index contributed by atoms with van der Waals surface area (Å²) in [5.41, 5.74) is 1.31. The summed E-state index contributed by atoms with van der Waals surface area (Å²) in [5.74, 6) is 0.949. The van der Waals surface area contributed by atoms with Gasteiger partial charge in [-0.25, -0.2) is 0 Å². The lowest BCUT2D eigenvalue weighted by atomic mass is 10.2. The van der Waals surface area contributed by atoms with Gasteiger partial charge in [-0.15, -0.1) is 0 Å². The van der Waals surface area contributed by atoms with Crippen LogP contribution in [-0.2, 0) is 6.54 Å². The van der Waals surface area contributed by atoms with E-state index in [1.165, 1.54) is 18.4 Å². The van der Waals surface area contributed by atoms with E-state index < -0.39 is 0 Å². The van der Waals surface area contributed by atoms with Crippen molar-refractivity contribution in [2.75, 3.05) is 26.2 Å². The van der Waals surface area contributed by atoms with Gasteiger partial charge in [0.05, 0.1) is 6.61 Å². The van der Waals surface area contributed by atoms with Gasteiger partial charge < -0.3 is 15.4 Å². The van der Waals surface area contributed by atoms with Gasteiger partial charge in [-0.05, 0) is 57.1 Å². The van der Waals surface area contributed by atoms with Gasteiger partial charge in [-0.1, -0.05) is 19.1 Å². The number of rotatable bonds is 10. The first-order chi connectivity index (χ1) is 8.86. The summed E-state index contributed by atoms with van der Waals surface area (Å²) >= 11 is 0. The second-order valence-electron chi connectivity index (χ2n) is 4.36. The molecule has 0 aromatic heterocycles. The topological polar surface area (TPSA) is 33.3 Å². The number of nitrogens with one attached hydrogen (secondary N) is 2. The van der Waals surface area contributed by atoms with Crippen LogP contribution in [0.2, 0.25) is 0 Å². The highest BCUT2D eigenvalue weighted by Crippen LogP contribution is 2.11. The molecule has 0 aliphatic heterocycles. The van der Waals surface area contributed by atoms with Gasteiger partial charge in [0.15, 0.2) is 0 Å². The van der Waals surface area contributed by atoms with Crippen LogP contribution in [0.3, 0.4) is 0 Å². The highest BCUT2D eigenvalue weighted by atomic mass is 16.5. The van der Waals surface area contributed by atoms with Crippen molar-refractivity contribution < 1.29 is 4.74 Å². The molecule has 0 fully saturated rings. The molecule has 1 aromatic carbocycles. The molecule has 3 nitrogen and oxygen atoms in total. The molecule has 0 spiro atoms. The van der Waals surface area contributed by atoms with E-state index in [4.69, 9.17) is 4.74 Å². The summed E-state index contributed by atoms with van der Waals surface area (Å²) in [6, 6.07) is 8.30. The lowest BCUT2D eigenvalue weighted by Crippen LogP contribution is -2.22. The Hall–Kier alpha value is -1.06. The van der Waals surface area contributed by atoms with Crippen LogP contribution in [0.15, 0.2) is 24.3 Å². The fourth-order valence-electron chi connectivity index (χ4n) is 1.74. The van der Waals surface area contributed by atoms with Gasteiger partial charge in [0.25, 0.3) is 0 Å². The number of hydrogen-bond acceptors (Lipinski definition) is 3. The maximum absolute atomic E-state index is 5.41. The van der Waals surface area contributed by atoms with E-state index in [0.717, 1.165) is 38.5 Å². The first kappa shape index (κ1) is 15.0. The van der Waals surface area contributed by atoms with Crippen LogP contribution >= 0.6 is 0 Å². The average molecular weight is 250 g/mol. The van der Waals surface area contributed by atoms with Gasteiger partial charge in [0.1, 0.15) is 5.75 Å². The SMILES string of the molecule is CCCNCCCNCc1ccc(OCC)cc1. The third-order valence-electron chi connectivity index (χ3n) is 2.70. The Morgan fingerprint density at radius 3 is 2.33 bits per heavy atom. The minimum absolute atomic E-state index is 0.725. The molecule has 3 heteroatoms. The van der Waals surface area contributed by atoms with Crippen molar-refractivity contribution in [3.8, 4) is 5.75 Å². The summed E-state index contributed by atoms with van der Waals surface area (Å²) in [4.78, 5) is 0. The van der Waals surface area contributed by atoms with Crippen LogP contribution in [-0.4, -0.2) is 26.2 Å². The largest absolute Gasteiger partial charge is 0.494 e. The molecule has 0 unspecified atom stereocenters. The standard InChI is InChI=1S/C15H26N2O/c1-3-10-16-11-5-12-17-13-14-6-8-15(9-7-14)18-4-2/h6-9,16-17H,3-5,10-13H2,1-2H3. The molecule has 1 aromatic rings. The monoisotopic (exact) mass is 250 g/mol. The first-order valence-corrected chi connectivity index (χ1v) is 7.00. The van der Waals surface area contributed by atoms with Crippen molar-refractivity contribution in [2.45, 2.75) is 33.2 Å². The normalized spacial score (nSPS) is 10.6. The van der Waals surface area contributed by atoms with Crippen molar-refractivity contribution in [1.29, 1.82) is 0 Å². The quantitative estimate of drug-likeness (QED) is 0.626. The molecule has 0 saturated carbocycles. The molecule has 0 bridgehead atoms. The van der Waals surface area contributed by atoms with Gasteiger partial charge in [-0.2, -0.15) is 0 Å². The van der Waals surface area contributed by atoms with Crippen LogP contribution in [0, 0.1) is 0 Å². The third kappa shape index (κ3) is 6.62. The summed E-state index contributed by atoms with van der Waals surface area (Å²) < 4.78 is 5.41. The third-order valence-corrected chi connectivity index (χ3v) is 2.70. The second kappa shape index (κ2) is 9.92. The fraction of sp³-hybridized carbons (Fsp3) is 0.600. The molecule has 1 rings (SSSR count). The molecule has 102 valence electrons. The van der Waals surface area contributed by atoms with E-state index in [9.17, 15) is 0 Å². The van der Waals surface area contributed by atoms with E-state index >= 15 is 0 Å². The van der Waals surface area contributed by atoms with Crippen LogP contribution in [0.5, 0.6) is 5.75 Å². The summed E-state index contributed by atoms with van der Waals surface area (Å²) in [6.07, 6.45) is 2.39. The van der Waals surface area contributed by atoms with E-state index in [2.05, 4.69) is 29.7 Å². The minimum atomic E-state index is 0.725. The van der Waals surface area contributed by atoms with E-state index in [-0.39, 0.29) is 0 Å². The van der Waals surface area contributed by atoms with Crippen molar-refractivity contribution in [3.05, 3.63) is 29.8 Å². The Balaban J connectivity index is 2.08. The van der Waals surface area contributed by atoms with Crippen LogP contribution in [0.1, 0.15) is 32.3 Å². The maximum atomic E-state index is 5.41. The summed E-state index contributed by atoms with van der Waals surface area (Å²) in [5, 5.41) is 6.85. The van der Waals surface area contributed by atoms with Gasteiger partial charge in [0.2, 0.25) is 0 Å². The maximum Gasteiger partial charge on any atom is 0.119 e. The molecule has 0 aliphatic rings. The molecular weight excluding hydrogens is 224 g/mol. The molecule has 0 aliphatic carbocycles. The summed E-state index contributed by atoms with van der Waals surface area (Å²) in [6.45, 7) is 9.13. The van der Waals surface area contributed by atoms with Crippen molar-refractivity contribution in [1.82, 2.24) is 10.6 Å². The number of benzene rings is 1. The molecule has 0 atom stereocenters. The van der Waals surface area contributed by atoms with E-state index in [1.807, 2.05) is 19.1 Å². The van der Waals surface area contributed by atoms with Gasteiger partial charge >= 0.3 is 0 Å². The first-order valence-electron chi connectivity index (χ1n) is 7.00. The van der Waals surface area contributed by atoms with Crippen molar-refractivity contribution in [2.24, 2.45) is 0 Å². The smallest absolute Gasteiger partial charge is 0.119 e. The average Bonchev–Trinajstić information content (AvgIpc) is 2.40. The summed E-state index contributed by atoms with van der Waals surface area (Å²) in [7, 11) is 0. The Labute approximate surface area is 111 Å². The van der Waals surface area contributed by atoms with E-state index in [1.54, 1.807) is 0 Å². The number of ether oxygens (including phenoxy) is 1. The van der Waals surface area contributed by atoms with Crippen LogP contribution in [0.25, 0.3) is 0 Å². The van der Waals surface area contributed by atoms with Crippen molar-refractivity contribution >= 4 is 0 Å². The van der Waals surface area contributed by atoms with Gasteiger partial charge in [0, 0.05) is 6.54 Å². The fourth-order valence-corrected chi connectivity index (χ4v) is 1.74. The minimum Gasteiger partial charge on any atom is -0.494 e. The molecule has 18 heavy (non-hydrogen) atoms. The molecule has 2 N–H and O–H groups in total. The zero-order valence-corrected chi connectivity index (χ0v) is 11.7. The predicted octanol–water partition coefficient (Wildman–Crippen LogP) is 2.56. The lowest BCUT2D eigenvalue weighted by molar-refractivity contribution is 0.340. The predicted molar refractivity (Wildman–Crippen MR) is 77.1 cm³/mol. The Morgan fingerprint density at radius 2 is 1.67 bits per heavy atom. The molecule has 0 radical (unpaired) electrons. The van der Waals surface area contributed by atoms with Crippen LogP contribution in [0.4, 0.5) is 0 Å². The number of hydrogen-bond donors (Lipinski definition) is 2. The zero-order chi connectivity index (χ0) is 13.1. The molecule has 0 heterocycles. The lowest BCUT2D eigenvalue weighted by Gasteiger charge is -2.07.